The van der Waals surface area contributed by atoms with Gasteiger partial charge in [0.25, 0.3) is 0 Å². The molecule has 4 heteroatoms. The molecule has 32 heavy (non-hydrogen) atoms. The molecule has 0 bridgehead atoms. The van der Waals surface area contributed by atoms with Crippen LogP contribution in [-0.4, -0.2) is 18.6 Å². The molecular weight excluding hydrogens is 397 g/mol. The molecule has 3 rings (SSSR count). The summed E-state index contributed by atoms with van der Waals surface area (Å²) in [7, 11) is 1.70. The zero-order valence-corrected chi connectivity index (χ0v) is 20.3. The second-order valence-electron chi connectivity index (χ2n) is 10.8. The smallest absolute Gasteiger partial charge is 0.122 e. The second-order valence-corrected chi connectivity index (χ2v) is 10.8. The number of benzene rings is 1. The lowest BCUT2D eigenvalue weighted by Crippen LogP contribution is -2.42. The molecule has 1 aromatic rings. The van der Waals surface area contributed by atoms with Crippen LogP contribution in [0.5, 0.6) is 0 Å². The molecule has 0 aromatic heterocycles. The van der Waals surface area contributed by atoms with Crippen molar-refractivity contribution in [1.82, 2.24) is 0 Å². The van der Waals surface area contributed by atoms with Gasteiger partial charge in [-0.15, -0.1) is 0 Å². The first kappa shape index (κ1) is 24.0. The minimum Gasteiger partial charge on any atom is -0.384 e. The fraction of sp³-hybridized carbons (Fsp3) is 0.500. The van der Waals surface area contributed by atoms with Crippen molar-refractivity contribution in [3.05, 3.63) is 70.3 Å². The molecule has 0 heterocycles. The normalized spacial score (nSPS) is 28.1. The first-order valence-electron chi connectivity index (χ1n) is 11.4. The van der Waals surface area contributed by atoms with Crippen LogP contribution in [0.25, 0.3) is 0 Å². The van der Waals surface area contributed by atoms with Gasteiger partial charge in [0.15, 0.2) is 0 Å². The fourth-order valence-corrected chi connectivity index (χ4v) is 5.60. The Morgan fingerprint density at radius 1 is 1.31 bits per heavy atom. The number of amidine groups is 1. The predicted octanol–water partition coefficient (Wildman–Crippen LogP) is 6.56. The zero-order valence-electron chi connectivity index (χ0n) is 20.3. The van der Waals surface area contributed by atoms with E-state index >= 15 is 0 Å². The predicted molar refractivity (Wildman–Crippen MR) is 131 cm³/mol. The number of aliphatic imine (C=N–C) groups is 1. The van der Waals surface area contributed by atoms with E-state index in [4.69, 9.17) is 5.73 Å². The van der Waals surface area contributed by atoms with E-state index < -0.39 is 11.1 Å². The minimum atomic E-state index is -1.13. The molecule has 0 aliphatic heterocycles. The first-order valence-corrected chi connectivity index (χ1v) is 11.4. The number of hydrogen-bond donors (Lipinski definition) is 1. The van der Waals surface area contributed by atoms with E-state index in [0.29, 0.717) is 24.2 Å². The Labute approximate surface area is 192 Å². The summed E-state index contributed by atoms with van der Waals surface area (Å²) in [5, 5.41) is 9.57. The van der Waals surface area contributed by atoms with Gasteiger partial charge < -0.3 is 5.73 Å². The molecule has 170 valence electrons. The second kappa shape index (κ2) is 8.35. The van der Waals surface area contributed by atoms with Gasteiger partial charge in [-0.3, -0.25) is 4.99 Å². The summed E-state index contributed by atoms with van der Waals surface area (Å²) in [6.45, 7) is 14.8. The standard InChI is InChI=1S/C28H36FN3/c1-18-14-26(3,4)12-11-23(18)28(6,22-10-8-9-20(13-22)17-30)24(25(31)32-7)19(2)21-15-27(5,29)16-21/h8-11,13,21H,1,12,14-16H2,2-7H3,(H2,31,32)/b24-19-. The molecule has 1 aromatic carbocycles. The molecule has 0 amide bonds. The summed E-state index contributed by atoms with van der Waals surface area (Å²) in [6, 6.07) is 9.97. The SMILES string of the molecule is C=C1CC(C)(C)CC=C1C(C)(/C(C(N)=NC)=C(/C)C1CC(C)(F)C1)c1cccc(C#N)c1. The summed E-state index contributed by atoms with van der Waals surface area (Å²) in [4.78, 5) is 4.39. The number of nitrogens with two attached hydrogens (primary N) is 1. The Morgan fingerprint density at radius 2 is 1.97 bits per heavy atom. The van der Waals surface area contributed by atoms with Gasteiger partial charge in [0.05, 0.1) is 11.6 Å². The van der Waals surface area contributed by atoms with Crippen molar-refractivity contribution in [3.8, 4) is 6.07 Å². The Morgan fingerprint density at radius 3 is 2.50 bits per heavy atom. The number of nitrogens with zero attached hydrogens (tertiary/aromatic N) is 2. The number of rotatable bonds is 5. The molecule has 2 N–H and O–H groups in total. The van der Waals surface area contributed by atoms with E-state index in [1.165, 1.54) is 0 Å². The highest BCUT2D eigenvalue weighted by Crippen LogP contribution is 2.52. The van der Waals surface area contributed by atoms with Gasteiger partial charge in [0, 0.05) is 18.0 Å². The van der Waals surface area contributed by atoms with E-state index in [1.54, 1.807) is 14.0 Å². The van der Waals surface area contributed by atoms with E-state index in [1.807, 2.05) is 24.3 Å². The molecule has 1 unspecified atom stereocenters. The Bertz CT molecular complexity index is 1060. The zero-order chi connectivity index (χ0) is 23.9. The molecule has 1 saturated carbocycles. The van der Waals surface area contributed by atoms with Crippen LogP contribution in [0.3, 0.4) is 0 Å². The van der Waals surface area contributed by atoms with Crippen molar-refractivity contribution in [2.75, 3.05) is 7.05 Å². The maximum Gasteiger partial charge on any atom is 0.122 e. The highest BCUT2D eigenvalue weighted by Gasteiger charge is 2.46. The highest BCUT2D eigenvalue weighted by molar-refractivity contribution is 6.01. The van der Waals surface area contributed by atoms with Gasteiger partial charge in [-0.1, -0.05) is 49.8 Å². The van der Waals surface area contributed by atoms with E-state index in [2.05, 4.69) is 51.4 Å². The number of halogens is 1. The molecule has 3 nitrogen and oxygen atoms in total. The van der Waals surface area contributed by atoms with Crippen LogP contribution in [0.15, 0.2) is 64.2 Å². The minimum absolute atomic E-state index is 0.118. The molecule has 2 aliphatic rings. The van der Waals surface area contributed by atoms with E-state index in [9.17, 15) is 9.65 Å². The lowest BCUT2D eigenvalue weighted by atomic mass is 9.59. The van der Waals surface area contributed by atoms with Crippen LogP contribution >= 0.6 is 0 Å². The van der Waals surface area contributed by atoms with Crippen LogP contribution in [0.2, 0.25) is 0 Å². The van der Waals surface area contributed by atoms with Gasteiger partial charge >= 0.3 is 0 Å². The van der Waals surface area contributed by atoms with Gasteiger partial charge in [-0.2, -0.15) is 5.26 Å². The summed E-state index contributed by atoms with van der Waals surface area (Å²) in [5.74, 6) is 0.575. The Hall–Kier alpha value is -2.67. The van der Waals surface area contributed by atoms with Crippen LogP contribution < -0.4 is 5.73 Å². The lowest BCUT2D eigenvalue weighted by Gasteiger charge is -2.45. The highest BCUT2D eigenvalue weighted by atomic mass is 19.1. The summed E-state index contributed by atoms with van der Waals surface area (Å²) < 4.78 is 14.4. The van der Waals surface area contributed by atoms with Gasteiger partial charge in [0.1, 0.15) is 11.5 Å². The Balaban J connectivity index is 2.31. The maximum atomic E-state index is 14.4. The number of nitriles is 1. The van der Waals surface area contributed by atoms with Gasteiger partial charge in [-0.25, -0.2) is 4.39 Å². The number of hydrogen-bond acceptors (Lipinski definition) is 2. The van der Waals surface area contributed by atoms with Crippen molar-refractivity contribution in [2.45, 2.75) is 71.4 Å². The molecule has 0 radical (unpaired) electrons. The topological polar surface area (TPSA) is 62.2 Å². The summed E-state index contributed by atoms with van der Waals surface area (Å²) in [6.07, 6.45) is 5.06. The average Bonchev–Trinajstić information content (AvgIpc) is 2.70. The van der Waals surface area contributed by atoms with Crippen LogP contribution in [-0.2, 0) is 5.41 Å². The molecule has 1 fully saturated rings. The molecule has 0 spiro atoms. The summed E-state index contributed by atoms with van der Waals surface area (Å²) in [5.41, 5.74) is 10.7. The van der Waals surface area contributed by atoms with E-state index in [-0.39, 0.29) is 11.3 Å². The lowest BCUT2D eigenvalue weighted by molar-refractivity contribution is 0.0420. The third kappa shape index (κ3) is 4.31. The maximum absolute atomic E-state index is 14.4. The molecule has 2 aliphatic carbocycles. The Kier molecular flexibility index (Phi) is 6.26. The van der Waals surface area contributed by atoms with Crippen LogP contribution in [0.4, 0.5) is 4.39 Å². The van der Waals surface area contributed by atoms with Crippen molar-refractivity contribution >= 4 is 5.84 Å². The van der Waals surface area contributed by atoms with E-state index in [0.717, 1.165) is 40.7 Å². The van der Waals surface area contributed by atoms with Crippen molar-refractivity contribution in [2.24, 2.45) is 22.1 Å². The van der Waals surface area contributed by atoms with Crippen LogP contribution in [0, 0.1) is 22.7 Å². The number of alkyl halides is 1. The average molecular weight is 434 g/mol. The molecule has 1 atom stereocenters. The molecule has 0 saturated heterocycles. The van der Waals surface area contributed by atoms with Crippen molar-refractivity contribution < 1.29 is 4.39 Å². The molecular formula is C28H36FN3. The van der Waals surface area contributed by atoms with Crippen molar-refractivity contribution in [1.29, 1.82) is 5.26 Å². The third-order valence-corrected chi connectivity index (χ3v) is 7.39. The number of allylic oxidation sites excluding steroid dienone is 4. The summed E-state index contributed by atoms with van der Waals surface area (Å²) >= 11 is 0. The quantitative estimate of drug-likeness (QED) is 0.422. The fourth-order valence-electron chi connectivity index (χ4n) is 5.60. The van der Waals surface area contributed by atoms with Crippen molar-refractivity contribution in [3.63, 3.8) is 0 Å². The largest absolute Gasteiger partial charge is 0.384 e. The first-order chi connectivity index (χ1) is 14.8. The van der Waals surface area contributed by atoms with Crippen LogP contribution in [0.1, 0.15) is 71.4 Å². The monoisotopic (exact) mass is 433 g/mol. The van der Waals surface area contributed by atoms with Gasteiger partial charge in [0.2, 0.25) is 0 Å². The third-order valence-electron chi connectivity index (χ3n) is 7.39. The van der Waals surface area contributed by atoms with Gasteiger partial charge in [-0.05, 0) is 81.1 Å².